The molecule has 0 N–H and O–H groups in total. The van der Waals surface area contributed by atoms with Crippen molar-refractivity contribution in [2.45, 2.75) is 6.92 Å². The SMILES string of the molecule is Cc1nc2ccccc2c(=O)n1OC(=O)c1ccc(F)cc1. The Morgan fingerprint density at radius 3 is 2.55 bits per heavy atom. The van der Waals surface area contributed by atoms with Crippen LogP contribution in [-0.4, -0.2) is 15.7 Å². The predicted octanol–water partition coefficient (Wildman–Crippen LogP) is 2.11. The van der Waals surface area contributed by atoms with Crippen LogP contribution in [0.5, 0.6) is 0 Å². The zero-order valence-electron chi connectivity index (χ0n) is 11.6. The van der Waals surface area contributed by atoms with Gasteiger partial charge in [-0.25, -0.2) is 14.2 Å². The summed E-state index contributed by atoms with van der Waals surface area (Å²) in [4.78, 5) is 33.7. The molecule has 0 aliphatic carbocycles. The zero-order chi connectivity index (χ0) is 15.7. The van der Waals surface area contributed by atoms with Crippen LogP contribution in [0.2, 0.25) is 0 Å². The minimum Gasteiger partial charge on any atom is -0.326 e. The normalized spacial score (nSPS) is 10.6. The van der Waals surface area contributed by atoms with Gasteiger partial charge in [0.05, 0.1) is 16.5 Å². The van der Waals surface area contributed by atoms with Crippen LogP contribution in [0.3, 0.4) is 0 Å². The highest BCUT2D eigenvalue weighted by atomic mass is 19.1. The zero-order valence-corrected chi connectivity index (χ0v) is 11.6. The minimum absolute atomic E-state index is 0.140. The van der Waals surface area contributed by atoms with Crippen LogP contribution in [0.25, 0.3) is 10.9 Å². The number of para-hydroxylation sites is 1. The second-order valence-electron chi connectivity index (χ2n) is 4.66. The lowest BCUT2D eigenvalue weighted by molar-refractivity contribution is 0.0428. The summed E-state index contributed by atoms with van der Waals surface area (Å²) in [6, 6.07) is 11.6. The monoisotopic (exact) mass is 298 g/mol. The highest BCUT2D eigenvalue weighted by Crippen LogP contribution is 2.08. The molecule has 0 amide bonds. The van der Waals surface area contributed by atoms with Crippen LogP contribution in [0.1, 0.15) is 16.2 Å². The van der Waals surface area contributed by atoms with Crippen molar-refractivity contribution in [2.75, 3.05) is 0 Å². The van der Waals surface area contributed by atoms with E-state index < -0.39 is 17.3 Å². The predicted molar refractivity (Wildman–Crippen MR) is 78.1 cm³/mol. The average molecular weight is 298 g/mol. The molecule has 110 valence electrons. The van der Waals surface area contributed by atoms with E-state index in [0.717, 1.165) is 16.9 Å². The molecule has 0 bridgehead atoms. The number of carbonyl (C=O) groups is 1. The summed E-state index contributed by atoms with van der Waals surface area (Å²) in [7, 11) is 0. The number of carbonyl (C=O) groups excluding carboxylic acids is 1. The molecule has 1 aromatic heterocycles. The van der Waals surface area contributed by atoms with Crippen LogP contribution in [0.4, 0.5) is 4.39 Å². The Morgan fingerprint density at radius 2 is 1.82 bits per heavy atom. The Bertz CT molecular complexity index is 917. The average Bonchev–Trinajstić information content (AvgIpc) is 2.52. The molecule has 0 radical (unpaired) electrons. The third kappa shape index (κ3) is 2.46. The number of nitrogens with zero attached hydrogens (tertiary/aromatic N) is 2. The smallest absolute Gasteiger partial charge is 0.326 e. The molecular weight excluding hydrogens is 287 g/mol. The number of aromatic nitrogens is 2. The van der Waals surface area contributed by atoms with E-state index in [4.69, 9.17) is 4.84 Å². The summed E-state index contributed by atoms with van der Waals surface area (Å²) in [5, 5.41) is 0.347. The lowest BCUT2D eigenvalue weighted by atomic mass is 10.2. The Labute approximate surface area is 124 Å². The molecule has 3 aromatic rings. The molecule has 1 heterocycles. The first-order chi connectivity index (χ1) is 10.6. The van der Waals surface area contributed by atoms with Crippen molar-refractivity contribution in [3.8, 4) is 0 Å². The molecule has 0 saturated carbocycles. The van der Waals surface area contributed by atoms with Gasteiger partial charge in [-0.1, -0.05) is 12.1 Å². The van der Waals surface area contributed by atoms with Gasteiger partial charge in [-0.2, -0.15) is 0 Å². The number of hydrogen-bond donors (Lipinski definition) is 0. The van der Waals surface area contributed by atoms with E-state index in [-0.39, 0.29) is 11.4 Å². The van der Waals surface area contributed by atoms with E-state index in [1.54, 1.807) is 31.2 Å². The molecule has 0 aliphatic rings. The van der Waals surface area contributed by atoms with Crippen molar-refractivity contribution in [1.82, 2.24) is 9.71 Å². The van der Waals surface area contributed by atoms with E-state index in [2.05, 4.69) is 4.98 Å². The van der Waals surface area contributed by atoms with Crippen LogP contribution in [-0.2, 0) is 0 Å². The molecule has 3 rings (SSSR count). The molecule has 0 unspecified atom stereocenters. The number of fused-ring (bicyclic) bond motifs is 1. The first-order valence-electron chi connectivity index (χ1n) is 6.53. The van der Waals surface area contributed by atoms with Gasteiger partial charge in [-0.3, -0.25) is 4.79 Å². The quantitative estimate of drug-likeness (QED) is 0.727. The molecule has 2 aromatic carbocycles. The Balaban J connectivity index is 2.02. The lowest BCUT2D eigenvalue weighted by Crippen LogP contribution is -2.33. The van der Waals surface area contributed by atoms with Crippen molar-refractivity contribution < 1.29 is 14.0 Å². The first-order valence-corrected chi connectivity index (χ1v) is 6.53. The van der Waals surface area contributed by atoms with Crippen molar-refractivity contribution in [3.05, 3.63) is 76.1 Å². The third-order valence-electron chi connectivity index (χ3n) is 3.15. The number of halogens is 1. The van der Waals surface area contributed by atoms with Crippen LogP contribution in [0, 0.1) is 12.7 Å². The van der Waals surface area contributed by atoms with Gasteiger partial charge in [-0.15, -0.1) is 4.73 Å². The molecule has 22 heavy (non-hydrogen) atoms. The standard InChI is InChI=1S/C16H11FN2O3/c1-10-18-14-5-3-2-4-13(14)15(20)19(10)22-16(21)11-6-8-12(17)9-7-11/h2-9H,1H3. The summed E-state index contributed by atoms with van der Waals surface area (Å²) in [5.41, 5.74) is 0.193. The van der Waals surface area contributed by atoms with Gasteiger partial charge in [0.2, 0.25) is 0 Å². The molecule has 6 heteroatoms. The molecule has 0 fully saturated rings. The van der Waals surface area contributed by atoms with E-state index in [0.29, 0.717) is 10.9 Å². The summed E-state index contributed by atoms with van der Waals surface area (Å²) >= 11 is 0. The summed E-state index contributed by atoms with van der Waals surface area (Å²) in [6.45, 7) is 1.56. The van der Waals surface area contributed by atoms with Gasteiger partial charge in [0.25, 0.3) is 5.56 Å². The van der Waals surface area contributed by atoms with Crippen molar-refractivity contribution >= 4 is 16.9 Å². The molecule has 5 nitrogen and oxygen atoms in total. The minimum atomic E-state index is -0.762. The number of hydrogen-bond acceptors (Lipinski definition) is 4. The fraction of sp³-hybridized carbons (Fsp3) is 0.0625. The maximum absolute atomic E-state index is 12.9. The van der Waals surface area contributed by atoms with Gasteiger partial charge in [0, 0.05) is 0 Å². The summed E-state index contributed by atoms with van der Waals surface area (Å²) in [6.07, 6.45) is 0. The van der Waals surface area contributed by atoms with Gasteiger partial charge in [0.15, 0.2) is 0 Å². The first kappa shape index (κ1) is 13.9. The second-order valence-corrected chi connectivity index (χ2v) is 4.66. The van der Waals surface area contributed by atoms with Gasteiger partial charge in [-0.05, 0) is 43.3 Å². The molecule has 0 saturated heterocycles. The second kappa shape index (κ2) is 5.40. The lowest BCUT2D eigenvalue weighted by Gasteiger charge is -2.10. The molecule has 0 aliphatic heterocycles. The van der Waals surface area contributed by atoms with Crippen molar-refractivity contribution in [2.24, 2.45) is 0 Å². The number of rotatable bonds is 2. The Morgan fingerprint density at radius 1 is 1.14 bits per heavy atom. The van der Waals surface area contributed by atoms with Crippen molar-refractivity contribution in [1.29, 1.82) is 0 Å². The van der Waals surface area contributed by atoms with Gasteiger partial charge < -0.3 is 4.84 Å². The van der Waals surface area contributed by atoms with E-state index in [1.807, 2.05) is 0 Å². The van der Waals surface area contributed by atoms with E-state index >= 15 is 0 Å². The fourth-order valence-corrected chi connectivity index (χ4v) is 2.06. The Hall–Kier alpha value is -3.02. The largest absolute Gasteiger partial charge is 0.363 e. The maximum Gasteiger partial charge on any atom is 0.363 e. The number of benzene rings is 2. The topological polar surface area (TPSA) is 61.2 Å². The van der Waals surface area contributed by atoms with E-state index in [9.17, 15) is 14.0 Å². The highest BCUT2D eigenvalue weighted by Gasteiger charge is 2.14. The van der Waals surface area contributed by atoms with Crippen LogP contribution >= 0.6 is 0 Å². The number of aryl methyl sites for hydroxylation is 1. The third-order valence-corrected chi connectivity index (χ3v) is 3.15. The fourth-order valence-electron chi connectivity index (χ4n) is 2.06. The molecule has 0 spiro atoms. The Kier molecular flexibility index (Phi) is 3.42. The maximum atomic E-state index is 12.9. The van der Waals surface area contributed by atoms with Gasteiger partial charge in [0.1, 0.15) is 11.6 Å². The highest BCUT2D eigenvalue weighted by molar-refractivity contribution is 5.89. The summed E-state index contributed by atoms with van der Waals surface area (Å²) in [5.74, 6) is -0.973. The van der Waals surface area contributed by atoms with Crippen LogP contribution in [0.15, 0.2) is 53.3 Å². The summed E-state index contributed by atoms with van der Waals surface area (Å²) < 4.78 is 13.7. The molecule has 0 atom stereocenters. The van der Waals surface area contributed by atoms with Crippen molar-refractivity contribution in [3.63, 3.8) is 0 Å². The molecular formula is C16H11FN2O3. The van der Waals surface area contributed by atoms with E-state index in [1.165, 1.54) is 12.1 Å². The van der Waals surface area contributed by atoms with Crippen LogP contribution < -0.4 is 10.4 Å². The van der Waals surface area contributed by atoms with Gasteiger partial charge >= 0.3 is 5.97 Å².